The first kappa shape index (κ1) is 25.6. The summed E-state index contributed by atoms with van der Waals surface area (Å²) >= 11 is 0. The van der Waals surface area contributed by atoms with E-state index in [1.54, 1.807) is 12.1 Å². The summed E-state index contributed by atoms with van der Waals surface area (Å²) in [5.74, 6) is 2.03. The highest BCUT2D eigenvalue weighted by Crippen LogP contribution is 2.43. The monoisotopic (exact) mass is 456 g/mol. The fourth-order valence-corrected chi connectivity index (χ4v) is 5.15. The fourth-order valence-electron chi connectivity index (χ4n) is 5.15. The highest BCUT2D eigenvalue weighted by molar-refractivity contribution is 5.47. The minimum Gasteiger partial charge on any atom is -0.504 e. The molecule has 0 aliphatic rings. The van der Waals surface area contributed by atoms with E-state index in [9.17, 15) is 10.2 Å². The van der Waals surface area contributed by atoms with Gasteiger partial charge in [0.15, 0.2) is 11.5 Å². The maximum Gasteiger partial charge on any atom is 0.157 e. The first-order chi connectivity index (χ1) is 16.3. The molecule has 0 aliphatic heterocycles. The van der Waals surface area contributed by atoms with E-state index < -0.39 is 0 Å². The Morgan fingerprint density at radius 3 is 1.85 bits per heavy atom. The summed E-state index contributed by atoms with van der Waals surface area (Å²) in [5, 5.41) is 20.2. The Morgan fingerprint density at radius 1 is 0.676 bits per heavy atom. The maximum absolute atomic E-state index is 10.3. The molecule has 3 aromatic carbocycles. The summed E-state index contributed by atoms with van der Waals surface area (Å²) < 4.78 is 0. The second-order valence-electron chi connectivity index (χ2n) is 10.4. The number of hydrogen-bond donors (Lipinski definition) is 2. The molecule has 0 fully saturated rings. The van der Waals surface area contributed by atoms with Crippen molar-refractivity contribution in [2.45, 2.75) is 64.7 Å². The van der Waals surface area contributed by atoms with E-state index in [0.717, 1.165) is 30.4 Å². The normalized spacial score (nSPS) is 14.2. The lowest BCUT2D eigenvalue weighted by atomic mass is 9.74. The van der Waals surface area contributed by atoms with Gasteiger partial charge in [-0.05, 0) is 83.2 Å². The van der Waals surface area contributed by atoms with Gasteiger partial charge in [0.05, 0.1) is 0 Å². The Balaban J connectivity index is 1.99. The molecule has 0 saturated carbocycles. The second-order valence-corrected chi connectivity index (χ2v) is 10.4. The summed E-state index contributed by atoms with van der Waals surface area (Å²) in [6, 6.07) is 24.9. The Kier molecular flexibility index (Phi) is 8.98. The van der Waals surface area contributed by atoms with Gasteiger partial charge in [0.25, 0.3) is 0 Å². The summed E-state index contributed by atoms with van der Waals surface area (Å²) in [5.41, 5.74) is 4.94. The molecule has 0 heterocycles. The van der Waals surface area contributed by atoms with E-state index >= 15 is 0 Å². The van der Waals surface area contributed by atoms with Crippen LogP contribution in [-0.4, -0.2) is 10.2 Å². The molecular weight excluding hydrogens is 416 g/mol. The average molecular weight is 457 g/mol. The molecule has 0 radical (unpaired) electrons. The first-order valence-electron chi connectivity index (χ1n) is 12.6. The van der Waals surface area contributed by atoms with Gasteiger partial charge in [-0.1, -0.05) is 101 Å². The second kappa shape index (κ2) is 11.9. The van der Waals surface area contributed by atoms with Crippen molar-refractivity contribution in [3.05, 3.63) is 102 Å². The molecule has 0 spiro atoms. The molecular formula is C32H40O2. The standard InChI is InChI=1S/C32H40O2/c1-6-24-12-14-25(15-13-24)28(18-22(2)3)19-29(27-16-17-31(33)32(34)21-27)20-30(23(4)5)26-10-8-7-9-11-26/h6-17,21-23,28-30,33-34H,1,18-20H2,2-5H3. The molecule has 0 aromatic heterocycles. The van der Waals surface area contributed by atoms with E-state index in [1.807, 2.05) is 12.1 Å². The van der Waals surface area contributed by atoms with Gasteiger partial charge in [-0.25, -0.2) is 0 Å². The highest BCUT2D eigenvalue weighted by atomic mass is 16.3. The Hall–Kier alpha value is -3.00. The van der Waals surface area contributed by atoms with Crippen LogP contribution in [0.25, 0.3) is 6.08 Å². The summed E-state index contributed by atoms with van der Waals surface area (Å²) in [6.45, 7) is 13.0. The van der Waals surface area contributed by atoms with Gasteiger partial charge < -0.3 is 10.2 Å². The van der Waals surface area contributed by atoms with Crippen molar-refractivity contribution < 1.29 is 10.2 Å². The van der Waals surface area contributed by atoms with Gasteiger partial charge in [0, 0.05) is 0 Å². The van der Waals surface area contributed by atoms with Crippen LogP contribution in [0.4, 0.5) is 0 Å². The van der Waals surface area contributed by atoms with E-state index in [2.05, 4.69) is 88.9 Å². The van der Waals surface area contributed by atoms with Crippen LogP contribution in [0.15, 0.2) is 79.4 Å². The molecule has 3 atom stereocenters. The van der Waals surface area contributed by atoms with Crippen molar-refractivity contribution in [1.82, 2.24) is 0 Å². The van der Waals surface area contributed by atoms with Crippen LogP contribution in [0.5, 0.6) is 11.5 Å². The van der Waals surface area contributed by atoms with Crippen LogP contribution < -0.4 is 0 Å². The van der Waals surface area contributed by atoms with Crippen molar-refractivity contribution in [3.63, 3.8) is 0 Å². The molecule has 3 aromatic rings. The molecule has 0 aliphatic carbocycles. The summed E-state index contributed by atoms with van der Waals surface area (Å²) in [4.78, 5) is 0. The number of aromatic hydroxyl groups is 2. The van der Waals surface area contributed by atoms with Crippen molar-refractivity contribution in [2.24, 2.45) is 11.8 Å². The van der Waals surface area contributed by atoms with E-state index in [0.29, 0.717) is 23.7 Å². The van der Waals surface area contributed by atoms with Gasteiger partial charge in [0.2, 0.25) is 0 Å². The molecule has 3 rings (SSSR count). The number of phenolic OH excluding ortho intramolecular Hbond substituents is 2. The molecule has 34 heavy (non-hydrogen) atoms. The third-order valence-corrected chi connectivity index (χ3v) is 7.01. The Morgan fingerprint density at radius 2 is 1.29 bits per heavy atom. The lowest BCUT2D eigenvalue weighted by molar-refractivity contribution is 0.374. The summed E-state index contributed by atoms with van der Waals surface area (Å²) in [7, 11) is 0. The van der Waals surface area contributed by atoms with Gasteiger partial charge in [-0.3, -0.25) is 0 Å². The number of hydrogen-bond acceptors (Lipinski definition) is 2. The molecule has 2 nitrogen and oxygen atoms in total. The van der Waals surface area contributed by atoms with Gasteiger partial charge >= 0.3 is 0 Å². The fraction of sp³-hybridized carbons (Fsp3) is 0.375. The first-order valence-corrected chi connectivity index (χ1v) is 12.6. The molecule has 180 valence electrons. The third kappa shape index (κ3) is 6.76. The van der Waals surface area contributed by atoms with Crippen molar-refractivity contribution >= 4 is 6.08 Å². The molecule has 3 unspecified atom stereocenters. The SMILES string of the molecule is C=Cc1ccc(C(CC(C)C)CC(CC(c2ccccc2)C(C)C)c2ccc(O)c(O)c2)cc1. The quantitative estimate of drug-likeness (QED) is 0.283. The number of rotatable bonds is 11. The minimum absolute atomic E-state index is 0.0425. The molecule has 0 amide bonds. The van der Waals surface area contributed by atoms with E-state index in [1.165, 1.54) is 11.1 Å². The molecule has 2 N–H and O–H groups in total. The highest BCUT2D eigenvalue weighted by Gasteiger charge is 2.26. The van der Waals surface area contributed by atoms with Gasteiger partial charge in [-0.2, -0.15) is 0 Å². The molecule has 0 saturated heterocycles. The topological polar surface area (TPSA) is 40.5 Å². The van der Waals surface area contributed by atoms with Crippen LogP contribution in [0.2, 0.25) is 0 Å². The number of phenols is 2. The van der Waals surface area contributed by atoms with E-state index in [4.69, 9.17) is 0 Å². The minimum atomic E-state index is -0.0651. The van der Waals surface area contributed by atoms with Crippen molar-refractivity contribution in [1.29, 1.82) is 0 Å². The zero-order valence-electron chi connectivity index (χ0n) is 21.1. The van der Waals surface area contributed by atoms with E-state index in [-0.39, 0.29) is 17.4 Å². The molecule has 0 bridgehead atoms. The van der Waals surface area contributed by atoms with Crippen molar-refractivity contribution in [2.75, 3.05) is 0 Å². The lowest BCUT2D eigenvalue weighted by Crippen LogP contribution is -2.15. The Labute approximate surface area is 206 Å². The largest absolute Gasteiger partial charge is 0.504 e. The van der Waals surface area contributed by atoms with Gasteiger partial charge in [-0.15, -0.1) is 0 Å². The number of benzene rings is 3. The zero-order valence-corrected chi connectivity index (χ0v) is 21.1. The van der Waals surface area contributed by atoms with Crippen molar-refractivity contribution in [3.8, 4) is 11.5 Å². The van der Waals surface area contributed by atoms with Crippen LogP contribution in [0, 0.1) is 11.8 Å². The Bertz CT molecular complexity index is 1030. The maximum atomic E-state index is 10.3. The third-order valence-electron chi connectivity index (χ3n) is 7.01. The van der Waals surface area contributed by atoms with Crippen LogP contribution >= 0.6 is 0 Å². The predicted octanol–water partition coefficient (Wildman–Crippen LogP) is 8.87. The van der Waals surface area contributed by atoms with Gasteiger partial charge in [0.1, 0.15) is 0 Å². The molecule has 2 heteroatoms. The predicted molar refractivity (Wildman–Crippen MR) is 144 cm³/mol. The average Bonchev–Trinajstić information content (AvgIpc) is 2.83. The van der Waals surface area contributed by atoms with Crippen LogP contribution in [-0.2, 0) is 0 Å². The summed E-state index contributed by atoms with van der Waals surface area (Å²) in [6.07, 6.45) is 4.97. The zero-order chi connectivity index (χ0) is 24.7. The van der Waals surface area contributed by atoms with Crippen LogP contribution in [0.1, 0.15) is 87.0 Å². The smallest absolute Gasteiger partial charge is 0.157 e. The van der Waals surface area contributed by atoms with Crippen LogP contribution in [0.3, 0.4) is 0 Å². The lowest BCUT2D eigenvalue weighted by Gasteiger charge is -2.31.